The number of anilines is 1. The normalized spacial score (nSPS) is 11.2. The van der Waals surface area contributed by atoms with Gasteiger partial charge >= 0.3 is 5.97 Å². The van der Waals surface area contributed by atoms with Crippen LogP contribution in [-0.2, 0) is 53.0 Å². The van der Waals surface area contributed by atoms with Crippen molar-refractivity contribution in [2.75, 3.05) is 46.8 Å². The second-order valence-corrected chi connectivity index (χ2v) is 13.7. The molecule has 3 unspecified atom stereocenters. The van der Waals surface area contributed by atoms with Crippen LogP contribution in [0, 0.1) is 5.92 Å². The van der Waals surface area contributed by atoms with E-state index in [9.17, 15) is 19.2 Å². The first kappa shape index (κ1) is 66.3. The number of esters is 1. The smallest absolute Gasteiger partial charge is 0.351 e. The van der Waals surface area contributed by atoms with Crippen molar-refractivity contribution >= 4 is 47.6 Å². The van der Waals surface area contributed by atoms with Crippen LogP contribution in [0.25, 0.3) is 22.3 Å². The predicted molar refractivity (Wildman–Crippen MR) is 275 cm³/mol. The summed E-state index contributed by atoms with van der Waals surface area (Å²) in [5.41, 5.74) is 20.3. The molecule has 382 valence electrons. The number of carbonyl (C=O) groups excluding carboxylic acids is 5. The number of ether oxygens (including phenoxy) is 3. The monoisotopic (exact) mass is 954 g/mol. The number of hydrogen-bond donors (Lipinski definition) is 6. The second-order valence-electron chi connectivity index (χ2n) is 13.7. The van der Waals surface area contributed by atoms with Gasteiger partial charge in [-0.05, 0) is 86.8 Å². The number of nitrogens with zero attached hydrogens (tertiary/aromatic N) is 2. The average Bonchev–Trinajstić information content (AvgIpc) is 3.74. The van der Waals surface area contributed by atoms with Gasteiger partial charge in [0.25, 0.3) is 5.56 Å². The molecule has 0 spiro atoms. The molecule has 9 N–H and O–H groups in total. The van der Waals surface area contributed by atoms with Crippen LogP contribution in [0.5, 0.6) is 5.75 Å². The van der Waals surface area contributed by atoms with Gasteiger partial charge in [-0.2, -0.15) is 0 Å². The SMILES string of the molecule is CC.CC.CC.CCC.CCc1c2c(nc3ccc(OC(C(=O)OC)c4ccc(NC(=O)C(CN)CCCNC)cc4)cc13)-c1cc(C(C=O)CC)c(COC)c(=O)n1C2.CO.NC=O.NC=O. The summed E-state index contributed by atoms with van der Waals surface area (Å²) in [5.74, 6) is -1.03. The largest absolute Gasteiger partial charge is 0.474 e. The standard InChI is InChI=1S/C39H47N5O7.C3H8.3C2H6.2CH3NO.CH4O/c1-6-23(21-45)29-18-34-35-31(20-44(34)38(47)32(29)22-49-4)28(7-2)30-17-27(14-15-33(30)43-35)51-36(39(48)50-5)24-10-12-26(13-11-24)42-37(46)25(19-40)9-8-16-41-3;1-3-2;3*1-2;2*2-1-3;1-2/h10-15,17-18,21,23,25,36,41H,6-9,16,19-20,22,40H2,1-5H3,(H,42,46);3H2,1-2H3;3*1-2H3;2*1H,(H2,2,3);2H,1H3. The molecule has 0 aliphatic carbocycles. The van der Waals surface area contributed by atoms with Crippen LogP contribution in [0.3, 0.4) is 0 Å². The van der Waals surface area contributed by atoms with Gasteiger partial charge in [0, 0.05) is 54.4 Å². The van der Waals surface area contributed by atoms with Crippen molar-refractivity contribution in [2.24, 2.45) is 23.1 Å². The van der Waals surface area contributed by atoms with Crippen LogP contribution in [-0.4, -0.2) is 87.1 Å². The van der Waals surface area contributed by atoms with Crippen LogP contribution >= 0.6 is 0 Å². The van der Waals surface area contributed by atoms with E-state index in [-0.39, 0.29) is 43.4 Å². The molecular formula is C51H83N7O10. The van der Waals surface area contributed by atoms with E-state index < -0.39 is 18.0 Å². The number of amides is 3. The average molecular weight is 954 g/mol. The maximum absolute atomic E-state index is 13.8. The Morgan fingerprint density at radius 2 is 1.47 bits per heavy atom. The summed E-state index contributed by atoms with van der Waals surface area (Å²) < 4.78 is 18.5. The highest BCUT2D eigenvalue weighted by atomic mass is 16.6. The van der Waals surface area contributed by atoms with E-state index in [1.54, 1.807) is 34.9 Å². The third-order valence-electron chi connectivity index (χ3n) is 9.60. The molecule has 2 aromatic heterocycles. The van der Waals surface area contributed by atoms with E-state index in [0.717, 1.165) is 42.9 Å². The molecule has 0 saturated carbocycles. The highest BCUT2D eigenvalue weighted by Crippen LogP contribution is 2.39. The number of methoxy groups -OCH3 is 2. The number of rotatable bonds is 17. The molecule has 3 amide bonds. The fourth-order valence-electron chi connectivity index (χ4n) is 6.80. The van der Waals surface area contributed by atoms with Gasteiger partial charge in [0.2, 0.25) is 24.8 Å². The molecule has 1 aliphatic rings. The van der Waals surface area contributed by atoms with Crippen LogP contribution in [0.1, 0.15) is 135 Å². The maximum Gasteiger partial charge on any atom is 0.351 e. The maximum atomic E-state index is 13.8. The molecule has 2 aromatic carbocycles. The fourth-order valence-corrected chi connectivity index (χ4v) is 6.80. The number of primary amides is 2. The number of hydrogen-bond acceptors (Lipinski definition) is 13. The molecule has 68 heavy (non-hydrogen) atoms. The molecule has 3 atom stereocenters. The molecule has 3 heterocycles. The summed E-state index contributed by atoms with van der Waals surface area (Å²) in [4.78, 5) is 73.8. The minimum Gasteiger partial charge on any atom is -0.474 e. The second kappa shape index (κ2) is 40.1. The van der Waals surface area contributed by atoms with Gasteiger partial charge in [-0.1, -0.05) is 87.8 Å². The molecule has 0 radical (unpaired) electrons. The van der Waals surface area contributed by atoms with E-state index in [2.05, 4.69) is 35.9 Å². The van der Waals surface area contributed by atoms with E-state index in [4.69, 9.17) is 39.6 Å². The molecule has 0 saturated heterocycles. The summed E-state index contributed by atoms with van der Waals surface area (Å²) in [5, 5.41) is 13.8. The van der Waals surface area contributed by atoms with Crippen LogP contribution in [0.15, 0.2) is 53.3 Å². The first-order valence-electron chi connectivity index (χ1n) is 23.4. The van der Waals surface area contributed by atoms with E-state index in [1.807, 2.05) is 80.6 Å². The van der Waals surface area contributed by atoms with Crippen molar-refractivity contribution in [3.63, 3.8) is 0 Å². The highest BCUT2D eigenvalue weighted by molar-refractivity contribution is 5.93. The molecule has 0 bridgehead atoms. The van der Waals surface area contributed by atoms with Crippen LogP contribution in [0.4, 0.5) is 5.69 Å². The van der Waals surface area contributed by atoms with Gasteiger partial charge in [-0.3, -0.25) is 19.2 Å². The third kappa shape index (κ3) is 19.7. The van der Waals surface area contributed by atoms with Crippen LogP contribution in [0.2, 0.25) is 0 Å². The van der Waals surface area contributed by atoms with E-state index >= 15 is 0 Å². The van der Waals surface area contributed by atoms with E-state index in [0.29, 0.717) is 70.8 Å². The van der Waals surface area contributed by atoms with Gasteiger partial charge in [0.05, 0.1) is 43.1 Å². The Bertz CT molecular complexity index is 2090. The third-order valence-corrected chi connectivity index (χ3v) is 9.60. The van der Waals surface area contributed by atoms with Gasteiger partial charge in [-0.25, -0.2) is 9.78 Å². The molecule has 0 fully saturated rings. The highest BCUT2D eigenvalue weighted by Gasteiger charge is 2.30. The zero-order valence-corrected chi connectivity index (χ0v) is 43.2. The van der Waals surface area contributed by atoms with Crippen molar-refractivity contribution in [3.05, 3.63) is 86.7 Å². The first-order chi connectivity index (χ1) is 33.0. The summed E-state index contributed by atoms with van der Waals surface area (Å²) in [6.45, 7) is 21.7. The van der Waals surface area contributed by atoms with E-state index in [1.165, 1.54) is 20.6 Å². The number of nitrogens with two attached hydrogens (primary N) is 3. The van der Waals surface area contributed by atoms with Crippen molar-refractivity contribution in [3.8, 4) is 17.1 Å². The molecular weight excluding hydrogens is 871 g/mol. The number of pyridine rings is 2. The number of aliphatic hydroxyl groups excluding tert-OH is 1. The quantitative estimate of drug-likeness (QED) is 0.0314. The first-order valence-corrected chi connectivity index (χ1v) is 23.4. The van der Waals surface area contributed by atoms with Gasteiger partial charge in [-0.15, -0.1) is 0 Å². The predicted octanol–water partition coefficient (Wildman–Crippen LogP) is 6.94. The lowest BCUT2D eigenvalue weighted by molar-refractivity contribution is -0.149. The molecule has 4 aromatic rings. The fraction of sp³-hybridized carbons (Fsp3) is 0.510. The lowest BCUT2D eigenvalue weighted by atomic mass is 9.93. The summed E-state index contributed by atoms with van der Waals surface area (Å²) >= 11 is 0. The van der Waals surface area contributed by atoms with Crippen molar-refractivity contribution in [1.82, 2.24) is 14.9 Å². The lowest BCUT2D eigenvalue weighted by Crippen LogP contribution is -2.30. The number of carbonyl (C=O) groups is 5. The Balaban J connectivity index is -0.00000220. The number of benzene rings is 2. The van der Waals surface area contributed by atoms with Crippen molar-refractivity contribution in [1.29, 1.82) is 0 Å². The van der Waals surface area contributed by atoms with Crippen LogP contribution < -0.4 is 38.1 Å². The van der Waals surface area contributed by atoms with Gasteiger partial charge < -0.3 is 56.5 Å². The number of aryl methyl sites for hydroxylation is 1. The zero-order valence-electron chi connectivity index (χ0n) is 43.2. The number of aldehydes is 1. The Morgan fingerprint density at radius 1 is 0.897 bits per heavy atom. The Kier molecular flexibility index (Phi) is 39.1. The minimum atomic E-state index is -1.08. The lowest BCUT2D eigenvalue weighted by Gasteiger charge is -2.19. The molecule has 17 nitrogen and oxygen atoms in total. The van der Waals surface area contributed by atoms with Crippen molar-refractivity contribution in [2.45, 2.75) is 127 Å². The summed E-state index contributed by atoms with van der Waals surface area (Å²) in [6.07, 6.45) is 4.28. The number of nitrogens with one attached hydrogen (secondary N) is 2. The Labute approximate surface area is 404 Å². The molecule has 1 aliphatic heterocycles. The summed E-state index contributed by atoms with van der Waals surface area (Å²) in [7, 11) is 5.71. The Hall–Kier alpha value is -6.01. The summed E-state index contributed by atoms with van der Waals surface area (Å²) in [6, 6.07) is 14.2. The Morgan fingerprint density at radius 3 is 1.94 bits per heavy atom. The molecule has 17 heteroatoms. The number of aromatic nitrogens is 2. The minimum absolute atomic E-state index is 0.108. The van der Waals surface area contributed by atoms with Crippen molar-refractivity contribution < 1.29 is 43.3 Å². The molecule has 5 rings (SSSR count). The zero-order chi connectivity index (χ0) is 52.8. The van der Waals surface area contributed by atoms with Gasteiger partial charge in [0.1, 0.15) is 12.0 Å². The number of fused-ring (bicyclic) bond motifs is 4. The topological polar surface area (TPSA) is 270 Å². The van der Waals surface area contributed by atoms with Gasteiger partial charge in [0.15, 0.2) is 0 Å². The number of aliphatic hydroxyl groups is 1.